The van der Waals surface area contributed by atoms with Gasteiger partial charge in [-0.25, -0.2) is 0 Å². The van der Waals surface area contributed by atoms with Gasteiger partial charge in [0.2, 0.25) is 0 Å². The molecule has 0 bridgehead atoms. The molecule has 0 amide bonds. The van der Waals surface area contributed by atoms with E-state index in [1.807, 2.05) is 13.8 Å². The fraction of sp³-hybridized carbons (Fsp3) is 0.953. The fourth-order valence-electron chi connectivity index (χ4n) is 7.39. The first kappa shape index (κ1) is 45.9. The molecular weight excluding hydrogens is 608 g/mol. The second-order valence-electron chi connectivity index (χ2n) is 15.7. The summed E-state index contributed by atoms with van der Waals surface area (Å²) in [5, 5.41) is 0. The second kappa shape index (κ2) is 32.7. The molecule has 1 aliphatic rings. The van der Waals surface area contributed by atoms with Gasteiger partial charge < -0.3 is 19.3 Å². The summed E-state index contributed by atoms with van der Waals surface area (Å²) >= 11 is 0. The van der Waals surface area contributed by atoms with Crippen LogP contribution < -0.4 is 0 Å². The molecule has 290 valence electrons. The van der Waals surface area contributed by atoms with Crippen LogP contribution in [0, 0.1) is 0 Å². The molecule has 6 nitrogen and oxygen atoms in total. The zero-order valence-corrected chi connectivity index (χ0v) is 33.6. The van der Waals surface area contributed by atoms with Gasteiger partial charge in [0.25, 0.3) is 0 Å². The van der Waals surface area contributed by atoms with E-state index >= 15 is 0 Å². The van der Waals surface area contributed by atoms with E-state index in [9.17, 15) is 9.59 Å². The number of ether oxygens (including phenoxy) is 2. The number of hydrogen-bond donors (Lipinski definition) is 0. The van der Waals surface area contributed by atoms with Crippen molar-refractivity contribution in [3.63, 3.8) is 0 Å². The van der Waals surface area contributed by atoms with E-state index in [1.54, 1.807) is 0 Å². The van der Waals surface area contributed by atoms with E-state index in [4.69, 9.17) is 9.47 Å². The number of esters is 2. The predicted molar refractivity (Wildman–Crippen MR) is 209 cm³/mol. The highest BCUT2D eigenvalue weighted by Gasteiger charge is 2.22. The van der Waals surface area contributed by atoms with Crippen molar-refractivity contribution in [1.82, 2.24) is 9.80 Å². The maximum absolute atomic E-state index is 12.8. The Kier molecular flexibility index (Phi) is 30.7. The third-order valence-corrected chi connectivity index (χ3v) is 10.8. The highest BCUT2D eigenvalue weighted by atomic mass is 16.5. The molecule has 3 atom stereocenters. The van der Waals surface area contributed by atoms with Crippen LogP contribution in [0.15, 0.2) is 0 Å². The van der Waals surface area contributed by atoms with Gasteiger partial charge >= 0.3 is 11.9 Å². The molecule has 0 aromatic carbocycles. The SMILES string of the molecule is CCCCCCCCCCCCCC(C)OC(=O)CCN(CCC(=O)OC(C)CCCCCCCCCCCCC)CCC1CCCN1C. The lowest BCUT2D eigenvalue weighted by Crippen LogP contribution is -2.35. The van der Waals surface area contributed by atoms with Gasteiger partial charge in [0.15, 0.2) is 0 Å². The van der Waals surface area contributed by atoms with Crippen molar-refractivity contribution in [1.29, 1.82) is 0 Å². The second-order valence-corrected chi connectivity index (χ2v) is 15.7. The molecule has 0 N–H and O–H groups in total. The highest BCUT2D eigenvalue weighted by molar-refractivity contribution is 5.70. The van der Waals surface area contributed by atoms with Crippen LogP contribution in [0.1, 0.15) is 214 Å². The average Bonchev–Trinajstić information content (AvgIpc) is 3.49. The first-order valence-electron chi connectivity index (χ1n) is 21.7. The van der Waals surface area contributed by atoms with Gasteiger partial charge in [0.05, 0.1) is 25.0 Å². The van der Waals surface area contributed by atoms with Crippen LogP contribution >= 0.6 is 0 Å². The quantitative estimate of drug-likeness (QED) is 0.0487. The zero-order valence-electron chi connectivity index (χ0n) is 33.6. The lowest BCUT2D eigenvalue weighted by Gasteiger charge is -2.26. The van der Waals surface area contributed by atoms with Crippen LogP contribution in [0.3, 0.4) is 0 Å². The van der Waals surface area contributed by atoms with Crippen molar-refractivity contribution >= 4 is 11.9 Å². The normalized spacial score (nSPS) is 16.3. The Morgan fingerprint density at radius 1 is 0.592 bits per heavy atom. The number of carbonyl (C=O) groups is 2. The minimum Gasteiger partial charge on any atom is -0.463 e. The third kappa shape index (κ3) is 28.2. The van der Waals surface area contributed by atoms with E-state index in [2.05, 4.69) is 30.7 Å². The Balaban J connectivity index is 2.24. The third-order valence-electron chi connectivity index (χ3n) is 10.8. The largest absolute Gasteiger partial charge is 0.463 e. The molecule has 49 heavy (non-hydrogen) atoms. The van der Waals surface area contributed by atoms with Crippen molar-refractivity contribution in [2.75, 3.05) is 33.2 Å². The van der Waals surface area contributed by atoms with E-state index < -0.39 is 0 Å². The van der Waals surface area contributed by atoms with Gasteiger partial charge in [0.1, 0.15) is 0 Å². The molecule has 0 aliphatic carbocycles. The summed E-state index contributed by atoms with van der Waals surface area (Å²) in [5.74, 6) is -0.219. The first-order chi connectivity index (χ1) is 23.8. The van der Waals surface area contributed by atoms with E-state index in [0.29, 0.717) is 32.0 Å². The fourth-order valence-corrected chi connectivity index (χ4v) is 7.39. The Morgan fingerprint density at radius 3 is 1.31 bits per heavy atom. The molecule has 1 saturated heterocycles. The smallest absolute Gasteiger partial charge is 0.307 e. The van der Waals surface area contributed by atoms with Crippen LogP contribution in [-0.2, 0) is 19.1 Å². The van der Waals surface area contributed by atoms with Crippen LogP contribution in [0.5, 0.6) is 0 Å². The summed E-state index contributed by atoms with van der Waals surface area (Å²) in [6.45, 7) is 12.0. The maximum Gasteiger partial charge on any atom is 0.307 e. The molecule has 6 heteroatoms. The van der Waals surface area contributed by atoms with Crippen LogP contribution in [0.4, 0.5) is 0 Å². The molecular formula is C43H84N2O4. The van der Waals surface area contributed by atoms with Gasteiger partial charge in [-0.3, -0.25) is 9.59 Å². The lowest BCUT2D eigenvalue weighted by atomic mass is 10.0. The van der Waals surface area contributed by atoms with E-state index in [-0.39, 0.29) is 24.1 Å². The maximum atomic E-state index is 12.8. The Hall–Kier alpha value is -1.14. The molecule has 0 saturated carbocycles. The van der Waals surface area contributed by atoms with Gasteiger partial charge in [-0.05, 0) is 78.9 Å². The standard InChI is InChI=1S/C43H84N2O4/c1-6-8-10-12-14-16-18-20-22-24-26-29-39(3)48-42(46)33-37-45(36-32-41-31-28-35-44(41)5)38-34-43(47)49-40(4)30-27-25-23-21-19-17-15-13-11-9-7-2/h39-41H,6-38H2,1-5H3. The predicted octanol–water partition coefficient (Wildman–Crippen LogP) is 11.8. The summed E-state index contributed by atoms with van der Waals surface area (Å²) < 4.78 is 11.6. The molecule has 1 fully saturated rings. The molecule has 1 heterocycles. The van der Waals surface area contributed by atoms with Gasteiger partial charge in [-0.15, -0.1) is 0 Å². The van der Waals surface area contributed by atoms with Crippen molar-refractivity contribution in [3.8, 4) is 0 Å². The zero-order chi connectivity index (χ0) is 35.8. The molecule has 0 spiro atoms. The molecule has 3 unspecified atom stereocenters. The van der Waals surface area contributed by atoms with Crippen molar-refractivity contribution < 1.29 is 19.1 Å². The number of rotatable bonds is 35. The summed E-state index contributed by atoms with van der Waals surface area (Å²) in [6.07, 6.45) is 35.4. The number of nitrogens with zero attached hydrogens (tertiary/aromatic N) is 2. The molecule has 1 rings (SSSR count). The van der Waals surface area contributed by atoms with Gasteiger partial charge in [-0.2, -0.15) is 0 Å². The Bertz CT molecular complexity index is 712. The number of carbonyl (C=O) groups excluding carboxylic acids is 2. The Morgan fingerprint density at radius 2 is 0.959 bits per heavy atom. The number of unbranched alkanes of at least 4 members (excludes halogenated alkanes) is 20. The van der Waals surface area contributed by atoms with Gasteiger partial charge in [-0.1, -0.05) is 142 Å². The summed E-state index contributed by atoms with van der Waals surface area (Å²) in [4.78, 5) is 30.2. The van der Waals surface area contributed by atoms with Crippen LogP contribution in [0.25, 0.3) is 0 Å². The van der Waals surface area contributed by atoms with E-state index in [0.717, 1.165) is 45.2 Å². The molecule has 0 aromatic heterocycles. The Labute approximate surface area is 305 Å². The minimum atomic E-state index is -0.110. The molecule has 0 aromatic rings. The number of likely N-dealkylation sites (tertiary alicyclic amines) is 1. The summed E-state index contributed by atoms with van der Waals surface area (Å²) in [7, 11) is 2.21. The first-order valence-corrected chi connectivity index (χ1v) is 21.7. The summed E-state index contributed by atoms with van der Waals surface area (Å²) in [5.41, 5.74) is 0. The van der Waals surface area contributed by atoms with Crippen LogP contribution in [0.2, 0.25) is 0 Å². The van der Waals surface area contributed by atoms with Crippen molar-refractivity contribution in [2.24, 2.45) is 0 Å². The monoisotopic (exact) mass is 693 g/mol. The van der Waals surface area contributed by atoms with Crippen molar-refractivity contribution in [3.05, 3.63) is 0 Å². The minimum absolute atomic E-state index is 0.0246. The molecule has 0 radical (unpaired) electrons. The van der Waals surface area contributed by atoms with Crippen LogP contribution in [-0.4, -0.2) is 73.2 Å². The van der Waals surface area contributed by atoms with E-state index in [1.165, 1.54) is 141 Å². The topological polar surface area (TPSA) is 59.1 Å². The lowest BCUT2D eigenvalue weighted by molar-refractivity contribution is -0.149. The van der Waals surface area contributed by atoms with Crippen molar-refractivity contribution in [2.45, 2.75) is 232 Å². The average molecular weight is 693 g/mol. The molecule has 1 aliphatic heterocycles. The highest BCUT2D eigenvalue weighted by Crippen LogP contribution is 2.19. The number of hydrogen-bond acceptors (Lipinski definition) is 6. The van der Waals surface area contributed by atoms with Gasteiger partial charge in [0, 0.05) is 19.1 Å². The summed E-state index contributed by atoms with van der Waals surface area (Å²) in [6, 6.07) is 0.595.